The summed E-state index contributed by atoms with van der Waals surface area (Å²) >= 11 is 11.7. The largest absolute Gasteiger partial charge is 0.368 e. The third-order valence-corrected chi connectivity index (χ3v) is 2.69. The minimum atomic E-state index is 0.310. The van der Waals surface area contributed by atoms with Crippen LogP contribution in [0.4, 0.5) is 5.88 Å². The van der Waals surface area contributed by atoms with Gasteiger partial charge >= 0.3 is 0 Å². The highest BCUT2D eigenvalue weighted by atomic mass is 35.5. The average molecular weight is 243 g/mol. The van der Waals surface area contributed by atoms with Crippen LogP contribution in [0.2, 0.25) is 10.0 Å². The molecule has 0 fully saturated rings. The molecule has 1 aromatic heterocycles. The van der Waals surface area contributed by atoms with Gasteiger partial charge in [0.05, 0.1) is 15.7 Å². The average Bonchev–Trinajstić information content (AvgIpc) is 2.58. The summed E-state index contributed by atoms with van der Waals surface area (Å²) in [6.45, 7) is 0. The monoisotopic (exact) mass is 242 g/mol. The summed E-state index contributed by atoms with van der Waals surface area (Å²) in [4.78, 5) is 0. The molecule has 0 amide bonds. The van der Waals surface area contributed by atoms with Crippen LogP contribution in [0.3, 0.4) is 0 Å². The highest BCUT2D eigenvalue weighted by Crippen LogP contribution is 2.23. The normalized spacial score (nSPS) is 10.5. The van der Waals surface area contributed by atoms with Crippen LogP contribution in [0.25, 0.3) is 0 Å². The van der Waals surface area contributed by atoms with Gasteiger partial charge < -0.3 is 10.3 Å². The van der Waals surface area contributed by atoms with Gasteiger partial charge in [0.2, 0.25) is 5.88 Å². The van der Waals surface area contributed by atoms with E-state index in [0.717, 1.165) is 11.3 Å². The Morgan fingerprint density at radius 3 is 2.60 bits per heavy atom. The smallest absolute Gasteiger partial charge is 0.222 e. The Balaban J connectivity index is 2.21. The molecular formula is C10H8Cl2N2O. The van der Waals surface area contributed by atoms with Gasteiger partial charge in [0, 0.05) is 12.5 Å². The first kappa shape index (κ1) is 10.3. The molecule has 2 aromatic rings. The molecule has 0 saturated carbocycles. The van der Waals surface area contributed by atoms with Gasteiger partial charge in [0.15, 0.2) is 0 Å². The van der Waals surface area contributed by atoms with E-state index in [1.54, 1.807) is 18.2 Å². The molecule has 78 valence electrons. The lowest BCUT2D eigenvalue weighted by molar-refractivity contribution is 0.429. The van der Waals surface area contributed by atoms with E-state index in [-0.39, 0.29) is 0 Å². The zero-order valence-electron chi connectivity index (χ0n) is 7.71. The number of anilines is 1. The molecule has 0 saturated heterocycles. The van der Waals surface area contributed by atoms with E-state index in [0.29, 0.717) is 22.4 Å². The summed E-state index contributed by atoms with van der Waals surface area (Å²) in [5.41, 5.74) is 7.19. The Hall–Kier alpha value is -1.19. The Morgan fingerprint density at radius 2 is 2.00 bits per heavy atom. The Kier molecular flexibility index (Phi) is 2.84. The Bertz CT molecular complexity index is 482. The summed E-state index contributed by atoms with van der Waals surface area (Å²) in [5.74, 6) is 0.310. The second-order valence-electron chi connectivity index (χ2n) is 3.15. The van der Waals surface area contributed by atoms with E-state index in [1.165, 1.54) is 0 Å². The number of aromatic nitrogens is 1. The van der Waals surface area contributed by atoms with Crippen LogP contribution in [-0.2, 0) is 6.42 Å². The molecule has 2 rings (SSSR count). The molecule has 5 heteroatoms. The van der Waals surface area contributed by atoms with E-state index in [1.807, 2.05) is 6.07 Å². The van der Waals surface area contributed by atoms with Crippen LogP contribution in [0.15, 0.2) is 28.8 Å². The van der Waals surface area contributed by atoms with E-state index in [2.05, 4.69) is 5.16 Å². The van der Waals surface area contributed by atoms with Crippen molar-refractivity contribution in [1.29, 1.82) is 0 Å². The number of benzene rings is 1. The first-order chi connectivity index (χ1) is 7.15. The standard InChI is InChI=1S/C10H8Cl2N2O/c11-8-2-1-6(4-9(8)12)3-7-5-10(13)15-14-7/h1-2,4-5H,3,13H2. The number of hydrogen-bond acceptors (Lipinski definition) is 3. The van der Waals surface area contributed by atoms with Crippen LogP contribution in [0, 0.1) is 0 Å². The minimum absolute atomic E-state index is 0.310. The first-order valence-corrected chi connectivity index (χ1v) is 5.06. The van der Waals surface area contributed by atoms with Crippen molar-refractivity contribution in [2.75, 3.05) is 5.73 Å². The van der Waals surface area contributed by atoms with Crippen molar-refractivity contribution in [1.82, 2.24) is 5.16 Å². The second kappa shape index (κ2) is 4.13. The summed E-state index contributed by atoms with van der Waals surface area (Å²) in [7, 11) is 0. The molecule has 0 atom stereocenters. The van der Waals surface area contributed by atoms with Crippen LogP contribution in [0.5, 0.6) is 0 Å². The van der Waals surface area contributed by atoms with Crippen LogP contribution in [0.1, 0.15) is 11.3 Å². The van der Waals surface area contributed by atoms with E-state index >= 15 is 0 Å². The second-order valence-corrected chi connectivity index (χ2v) is 3.96. The molecule has 0 spiro atoms. The van der Waals surface area contributed by atoms with E-state index < -0.39 is 0 Å². The van der Waals surface area contributed by atoms with Crippen LogP contribution >= 0.6 is 23.2 Å². The highest BCUT2D eigenvalue weighted by molar-refractivity contribution is 6.42. The summed E-state index contributed by atoms with van der Waals surface area (Å²) in [6, 6.07) is 7.12. The van der Waals surface area contributed by atoms with Crippen LogP contribution in [-0.4, -0.2) is 5.16 Å². The molecule has 3 nitrogen and oxygen atoms in total. The maximum absolute atomic E-state index is 5.88. The number of nitrogens with zero attached hydrogens (tertiary/aromatic N) is 1. The molecule has 0 aliphatic rings. The van der Waals surface area contributed by atoms with Gasteiger partial charge in [-0.3, -0.25) is 0 Å². The Morgan fingerprint density at radius 1 is 1.20 bits per heavy atom. The van der Waals surface area contributed by atoms with Crippen molar-refractivity contribution in [3.05, 3.63) is 45.6 Å². The first-order valence-electron chi connectivity index (χ1n) is 4.30. The maximum Gasteiger partial charge on any atom is 0.222 e. The molecule has 0 aliphatic heterocycles. The lowest BCUT2D eigenvalue weighted by atomic mass is 10.1. The van der Waals surface area contributed by atoms with E-state index in [9.17, 15) is 0 Å². The van der Waals surface area contributed by atoms with Gasteiger partial charge in [0.1, 0.15) is 0 Å². The lowest BCUT2D eigenvalue weighted by Crippen LogP contribution is -1.88. The molecular weight excluding hydrogens is 235 g/mol. The highest BCUT2D eigenvalue weighted by Gasteiger charge is 2.04. The topological polar surface area (TPSA) is 52.0 Å². The molecule has 0 aliphatic carbocycles. The van der Waals surface area contributed by atoms with Crippen molar-refractivity contribution in [3.63, 3.8) is 0 Å². The molecule has 2 N–H and O–H groups in total. The Labute approximate surface area is 96.8 Å². The summed E-state index contributed by atoms with van der Waals surface area (Å²) in [5, 5.41) is 4.86. The number of halogens is 2. The van der Waals surface area contributed by atoms with Gasteiger partial charge in [-0.05, 0) is 17.7 Å². The van der Waals surface area contributed by atoms with E-state index in [4.69, 9.17) is 33.5 Å². The number of nitrogen functional groups attached to an aromatic ring is 1. The predicted octanol–water partition coefficient (Wildman–Crippen LogP) is 3.15. The molecule has 0 radical (unpaired) electrons. The number of rotatable bonds is 2. The van der Waals surface area contributed by atoms with Crippen molar-refractivity contribution < 1.29 is 4.52 Å². The predicted molar refractivity (Wildman–Crippen MR) is 60.2 cm³/mol. The van der Waals surface area contributed by atoms with Crippen molar-refractivity contribution in [2.45, 2.75) is 6.42 Å². The molecule has 0 bridgehead atoms. The molecule has 1 heterocycles. The lowest BCUT2D eigenvalue weighted by Gasteiger charge is -1.99. The molecule has 15 heavy (non-hydrogen) atoms. The zero-order chi connectivity index (χ0) is 10.8. The number of hydrogen-bond donors (Lipinski definition) is 1. The minimum Gasteiger partial charge on any atom is -0.368 e. The van der Waals surface area contributed by atoms with Gasteiger partial charge in [-0.2, -0.15) is 0 Å². The third-order valence-electron chi connectivity index (χ3n) is 1.95. The summed E-state index contributed by atoms with van der Waals surface area (Å²) < 4.78 is 4.76. The summed E-state index contributed by atoms with van der Waals surface area (Å²) in [6.07, 6.45) is 0.623. The maximum atomic E-state index is 5.88. The fourth-order valence-corrected chi connectivity index (χ4v) is 1.59. The van der Waals surface area contributed by atoms with Crippen molar-refractivity contribution in [3.8, 4) is 0 Å². The third kappa shape index (κ3) is 2.43. The van der Waals surface area contributed by atoms with Crippen LogP contribution < -0.4 is 5.73 Å². The van der Waals surface area contributed by atoms with Crippen molar-refractivity contribution >= 4 is 29.1 Å². The van der Waals surface area contributed by atoms with Crippen molar-refractivity contribution in [2.24, 2.45) is 0 Å². The van der Waals surface area contributed by atoms with Gasteiger partial charge in [-0.25, -0.2) is 0 Å². The SMILES string of the molecule is Nc1cc(Cc2ccc(Cl)c(Cl)c2)no1. The molecule has 0 unspecified atom stereocenters. The fraction of sp³-hybridized carbons (Fsp3) is 0.100. The van der Waals surface area contributed by atoms with Gasteiger partial charge in [-0.1, -0.05) is 34.4 Å². The fourth-order valence-electron chi connectivity index (χ4n) is 1.27. The van der Waals surface area contributed by atoms with Gasteiger partial charge in [-0.15, -0.1) is 0 Å². The number of nitrogens with two attached hydrogens (primary N) is 1. The zero-order valence-corrected chi connectivity index (χ0v) is 9.22. The van der Waals surface area contributed by atoms with Gasteiger partial charge in [0.25, 0.3) is 0 Å². The quantitative estimate of drug-likeness (QED) is 0.881. The molecule has 1 aromatic carbocycles.